The van der Waals surface area contributed by atoms with Crippen LogP contribution in [0.5, 0.6) is 0 Å². The van der Waals surface area contributed by atoms with Crippen molar-refractivity contribution in [2.24, 2.45) is 0 Å². The van der Waals surface area contributed by atoms with E-state index in [1.54, 1.807) is 6.07 Å². The largest absolute Gasteiger partial charge is 0.423 e. The zero-order valence-electron chi connectivity index (χ0n) is 12.9. The zero-order chi connectivity index (χ0) is 17.3. The molecule has 0 amide bonds. The summed E-state index contributed by atoms with van der Waals surface area (Å²) in [4.78, 5) is 22.7. The summed E-state index contributed by atoms with van der Waals surface area (Å²) < 4.78 is 6.25. The molecule has 0 aliphatic heterocycles. The first-order chi connectivity index (χ1) is 11.5. The van der Waals surface area contributed by atoms with E-state index < -0.39 is 5.63 Å². The van der Waals surface area contributed by atoms with Crippen LogP contribution in [0.3, 0.4) is 0 Å². The van der Waals surface area contributed by atoms with E-state index in [9.17, 15) is 14.9 Å². The maximum atomic E-state index is 11.9. The molecule has 0 saturated heterocycles. The summed E-state index contributed by atoms with van der Waals surface area (Å²) in [6, 6.07) is 12.2. The molecular formula is C18H14INO4. The number of nitrogens with zero attached hydrogens (tertiary/aromatic N) is 1. The van der Waals surface area contributed by atoms with Crippen molar-refractivity contribution in [2.75, 3.05) is 0 Å². The van der Waals surface area contributed by atoms with Crippen molar-refractivity contribution in [1.82, 2.24) is 0 Å². The van der Waals surface area contributed by atoms with Crippen molar-refractivity contribution in [3.05, 3.63) is 83.3 Å². The quantitative estimate of drug-likeness (QED) is 0.263. The zero-order valence-corrected chi connectivity index (χ0v) is 15.1. The molecule has 0 N–H and O–H groups in total. The van der Waals surface area contributed by atoms with Gasteiger partial charge in [0.05, 0.1) is 4.92 Å². The summed E-state index contributed by atoms with van der Waals surface area (Å²) in [5, 5.41) is 12.1. The molecule has 5 nitrogen and oxygen atoms in total. The van der Waals surface area contributed by atoms with Crippen molar-refractivity contribution in [1.29, 1.82) is 0 Å². The second kappa shape index (κ2) is 6.72. The van der Waals surface area contributed by atoms with Crippen LogP contribution in [0, 0.1) is 13.7 Å². The molecule has 1 aromatic heterocycles. The van der Waals surface area contributed by atoms with Gasteiger partial charge in [0, 0.05) is 26.7 Å². The number of benzene rings is 2. The van der Waals surface area contributed by atoms with Gasteiger partial charge in [-0.2, -0.15) is 0 Å². The summed E-state index contributed by atoms with van der Waals surface area (Å²) >= 11 is 2.16. The first-order valence-corrected chi connectivity index (χ1v) is 8.55. The number of nitro benzene ring substituents is 1. The van der Waals surface area contributed by atoms with E-state index in [4.69, 9.17) is 4.42 Å². The molecule has 3 rings (SSSR count). The second-order valence-corrected chi connectivity index (χ2v) is 6.68. The molecule has 6 heteroatoms. The summed E-state index contributed by atoms with van der Waals surface area (Å²) in [6.45, 7) is 1.89. The third-order valence-corrected chi connectivity index (χ3v) is 4.64. The van der Waals surface area contributed by atoms with Gasteiger partial charge in [0.25, 0.3) is 5.69 Å². The monoisotopic (exact) mass is 435 g/mol. The fourth-order valence-electron chi connectivity index (χ4n) is 2.92. The first kappa shape index (κ1) is 16.6. The minimum absolute atomic E-state index is 0.122. The fraction of sp³-hybridized carbons (Fsp3) is 0.167. The maximum absolute atomic E-state index is 11.9. The molecule has 0 saturated carbocycles. The predicted octanol–water partition coefficient (Wildman–Crippen LogP) is 4.46. The highest BCUT2D eigenvalue weighted by atomic mass is 127. The average molecular weight is 435 g/mol. The van der Waals surface area contributed by atoms with Gasteiger partial charge in [0.2, 0.25) is 0 Å². The SMILES string of the molecule is CCc1c(Cc2cc(=O)oc3cc(I)ccc23)cccc1[N+](=O)[O-]. The standard InChI is InChI=1S/C18H14INO4/c1-2-14-11(4-3-5-16(14)20(22)23)8-12-9-18(21)24-17-10-13(19)6-7-15(12)17/h3-7,9-10H,2,8H2,1H3. The predicted molar refractivity (Wildman–Crippen MR) is 100 cm³/mol. The van der Waals surface area contributed by atoms with Crippen LogP contribution in [0.2, 0.25) is 0 Å². The van der Waals surface area contributed by atoms with Gasteiger partial charge in [-0.3, -0.25) is 10.1 Å². The minimum Gasteiger partial charge on any atom is -0.423 e. The van der Waals surface area contributed by atoms with Crippen molar-refractivity contribution in [3.8, 4) is 0 Å². The van der Waals surface area contributed by atoms with Crippen LogP contribution in [0.15, 0.2) is 51.7 Å². The molecule has 2 aromatic carbocycles. The molecule has 3 aromatic rings. The Morgan fingerprint density at radius 3 is 2.67 bits per heavy atom. The van der Waals surface area contributed by atoms with Crippen molar-refractivity contribution in [3.63, 3.8) is 0 Å². The maximum Gasteiger partial charge on any atom is 0.336 e. The Hall–Kier alpha value is -2.22. The topological polar surface area (TPSA) is 73.3 Å². The highest BCUT2D eigenvalue weighted by molar-refractivity contribution is 14.1. The van der Waals surface area contributed by atoms with Crippen LogP contribution in [0.4, 0.5) is 5.69 Å². The van der Waals surface area contributed by atoms with Crippen molar-refractivity contribution >= 4 is 39.2 Å². The highest BCUT2D eigenvalue weighted by Gasteiger charge is 2.17. The Morgan fingerprint density at radius 2 is 1.96 bits per heavy atom. The van der Waals surface area contributed by atoms with E-state index in [0.717, 1.165) is 20.1 Å². The van der Waals surface area contributed by atoms with E-state index in [1.807, 2.05) is 31.2 Å². The van der Waals surface area contributed by atoms with Gasteiger partial charge < -0.3 is 4.42 Å². The number of halogens is 1. The molecule has 1 heterocycles. The Kier molecular flexibility index (Phi) is 4.66. The lowest BCUT2D eigenvalue weighted by Crippen LogP contribution is -2.04. The third kappa shape index (κ3) is 3.19. The second-order valence-electron chi connectivity index (χ2n) is 5.43. The van der Waals surface area contributed by atoms with Crippen LogP contribution in [0.25, 0.3) is 11.0 Å². The van der Waals surface area contributed by atoms with Crippen LogP contribution in [-0.2, 0) is 12.8 Å². The van der Waals surface area contributed by atoms with Crippen molar-refractivity contribution in [2.45, 2.75) is 19.8 Å². The average Bonchev–Trinajstić information content (AvgIpc) is 2.53. The lowest BCUT2D eigenvalue weighted by atomic mass is 9.95. The van der Waals surface area contributed by atoms with Crippen molar-refractivity contribution < 1.29 is 9.34 Å². The van der Waals surface area contributed by atoms with Crippen LogP contribution < -0.4 is 5.63 Å². The first-order valence-electron chi connectivity index (χ1n) is 7.47. The lowest BCUT2D eigenvalue weighted by molar-refractivity contribution is -0.385. The van der Waals surface area contributed by atoms with E-state index in [0.29, 0.717) is 24.0 Å². The lowest BCUT2D eigenvalue weighted by Gasteiger charge is -2.10. The van der Waals surface area contributed by atoms with Gasteiger partial charge >= 0.3 is 5.63 Å². The molecule has 0 unspecified atom stereocenters. The van der Waals surface area contributed by atoms with E-state index in [-0.39, 0.29) is 10.6 Å². The molecule has 0 aliphatic rings. The van der Waals surface area contributed by atoms with Gasteiger partial charge in [-0.15, -0.1) is 0 Å². The molecular weight excluding hydrogens is 421 g/mol. The summed E-state index contributed by atoms with van der Waals surface area (Å²) in [7, 11) is 0. The van der Waals surface area contributed by atoms with Crippen LogP contribution >= 0.6 is 22.6 Å². The molecule has 122 valence electrons. The van der Waals surface area contributed by atoms with Gasteiger partial charge in [0.15, 0.2) is 0 Å². The Balaban J connectivity index is 2.16. The van der Waals surface area contributed by atoms with Crippen LogP contribution in [-0.4, -0.2) is 4.92 Å². The summed E-state index contributed by atoms with van der Waals surface area (Å²) in [6.07, 6.45) is 1.01. The fourth-order valence-corrected chi connectivity index (χ4v) is 3.38. The van der Waals surface area contributed by atoms with Crippen LogP contribution in [0.1, 0.15) is 23.6 Å². The number of rotatable bonds is 4. The Morgan fingerprint density at radius 1 is 1.17 bits per heavy atom. The Bertz CT molecular complexity index is 994. The van der Waals surface area contributed by atoms with E-state index in [1.165, 1.54) is 12.1 Å². The number of hydrogen-bond donors (Lipinski definition) is 0. The molecule has 0 spiro atoms. The third-order valence-electron chi connectivity index (χ3n) is 3.97. The van der Waals surface area contributed by atoms with Gasteiger partial charge in [0.1, 0.15) is 5.58 Å². The number of fused-ring (bicyclic) bond motifs is 1. The Labute approximate surface area is 151 Å². The molecule has 24 heavy (non-hydrogen) atoms. The number of nitro groups is 1. The van der Waals surface area contributed by atoms with E-state index in [2.05, 4.69) is 22.6 Å². The minimum atomic E-state index is -0.414. The van der Waals surface area contributed by atoms with Gasteiger partial charge in [-0.1, -0.05) is 19.1 Å². The summed E-state index contributed by atoms with van der Waals surface area (Å²) in [5.41, 5.74) is 2.62. The molecule has 0 aliphatic carbocycles. The smallest absolute Gasteiger partial charge is 0.336 e. The molecule has 0 atom stereocenters. The van der Waals surface area contributed by atoms with E-state index >= 15 is 0 Å². The number of hydrogen-bond acceptors (Lipinski definition) is 4. The molecule has 0 fully saturated rings. The van der Waals surface area contributed by atoms with Gasteiger partial charge in [-0.25, -0.2) is 4.79 Å². The molecule has 0 radical (unpaired) electrons. The molecule has 0 bridgehead atoms. The highest BCUT2D eigenvalue weighted by Crippen LogP contribution is 2.27. The summed E-state index contributed by atoms with van der Waals surface area (Å²) in [5.74, 6) is 0. The normalized spacial score (nSPS) is 10.9. The van der Waals surface area contributed by atoms with Gasteiger partial charge in [-0.05, 0) is 64.8 Å².